The topological polar surface area (TPSA) is 32.8 Å². The second-order valence-corrected chi connectivity index (χ2v) is 7.67. The smallest absolute Gasteiger partial charge is 0.257 e. The normalized spacial score (nSPS) is 26.6. The summed E-state index contributed by atoms with van der Waals surface area (Å²) in [4.78, 5) is 16.7. The van der Waals surface area contributed by atoms with E-state index in [0.717, 1.165) is 26.1 Å². The third kappa shape index (κ3) is 2.93. The van der Waals surface area contributed by atoms with Crippen molar-refractivity contribution in [2.75, 3.05) is 32.8 Å². The highest BCUT2D eigenvalue weighted by Gasteiger charge is 2.52. The van der Waals surface area contributed by atoms with Gasteiger partial charge in [-0.1, -0.05) is 18.0 Å². The lowest BCUT2D eigenvalue weighted by Crippen LogP contribution is -2.63. The van der Waals surface area contributed by atoms with Crippen molar-refractivity contribution in [3.05, 3.63) is 34.6 Å². The highest BCUT2D eigenvalue weighted by atomic mass is 35.5. The molecule has 0 radical (unpaired) electrons. The van der Waals surface area contributed by atoms with E-state index in [1.54, 1.807) is 4.90 Å². The first-order chi connectivity index (χ1) is 11.6. The maximum absolute atomic E-state index is 13.9. The molecule has 0 saturated carbocycles. The lowest BCUT2D eigenvalue weighted by atomic mass is 9.88. The second kappa shape index (κ2) is 6.28. The first kappa shape index (κ1) is 16.3. The average molecular weight is 353 g/mol. The Labute approximate surface area is 146 Å². The lowest BCUT2D eigenvalue weighted by Gasteiger charge is -2.47. The maximum atomic E-state index is 13.9. The van der Waals surface area contributed by atoms with Crippen molar-refractivity contribution in [1.29, 1.82) is 0 Å². The molecule has 3 aliphatic rings. The van der Waals surface area contributed by atoms with E-state index in [1.165, 1.54) is 37.5 Å². The van der Waals surface area contributed by atoms with Gasteiger partial charge in [0.25, 0.3) is 5.91 Å². The predicted molar refractivity (Wildman–Crippen MR) is 89.8 cm³/mol. The van der Waals surface area contributed by atoms with Crippen LogP contribution in [0.5, 0.6) is 0 Å². The number of ether oxygens (including phenoxy) is 1. The summed E-state index contributed by atoms with van der Waals surface area (Å²) < 4.78 is 19.9. The van der Waals surface area contributed by atoms with Crippen LogP contribution in [0.2, 0.25) is 5.02 Å². The Bertz CT molecular complexity index is 642. The van der Waals surface area contributed by atoms with Crippen LogP contribution in [-0.2, 0) is 4.74 Å². The van der Waals surface area contributed by atoms with E-state index >= 15 is 0 Å². The van der Waals surface area contributed by atoms with Gasteiger partial charge >= 0.3 is 0 Å². The third-order valence-corrected chi connectivity index (χ3v) is 5.74. The molecule has 0 bridgehead atoms. The van der Waals surface area contributed by atoms with Gasteiger partial charge in [0.05, 0.1) is 25.3 Å². The average Bonchev–Trinajstić information content (AvgIpc) is 3.02. The molecule has 0 N–H and O–H groups in total. The molecule has 0 aliphatic carbocycles. The Morgan fingerprint density at radius 3 is 2.75 bits per heavy atom. The zero-order chi connectivity index (χ0) is 16.7. The Balaban J connectivity index is 1.37. The molecular weight excluding hydrogens is 331 g/mol. The van der Waals surface area contributed by atoms with Gasteiger partial charge in [0.15, 0.2) is 0 Å². The number of hydrogen-bond acceptors (Lipinski definition) is 3. The van der Waals surface area contributed by atoms with Crippen molar-refractivity contribution in [3.63, 3.8) is 0 Å². The molecule has 4 rings (SSSR count). The summed E-state index contributed by atoms with van der Waals surface area (Å²) in [5.41, 5.74) is -0.185. The summed E-state index contributed by atoms with van der Waals surface area (Å²) >= 11 is 5.88. The van der Waals surface area contributed by atoms with Crippen molar-refractivity contribution in [2.45, 2.75) is 37.3 Å². The van der Waals surface area contributed by atoms with Gasteiger partial charge in [0.1, 0.15) is 11.4 Å². The third-order valence-electron chi connectivity index (χ3n) is 5.50. The predicted octanol–water partition coefficient (Wildman–Crippen LogP) is 2.95. The molecule has 4 nitrogen and oxygen atoms in total. The van der Waals surface area contributed by atoms with Gasteiger partial charge in [-0.05, 0) is 50.6 Å². The molecular formula is C18H22ClFN2O2. The molecule has 1 aromatic carbocycles. The molecule has 1 atom stereocenters. The lowest BCUT2D eigenvalue weighted by molar-refractivity contribution is -0.0952. The first-order valence-corrected chi connectivity index (χ1v) is 9.06. The number of amides is 1. The van der Waals surface area contributed by atoms with E-state index in [1.807, 2.05) is 0 Å². The van der Waals surface area contributed by atoms with Gasteiger partial charge in [-0.25, -0.2) is 4.39 Å². The number of nitrogens with zero attached hydrogens (tertiary/aromatic N) is 2. The summed E-state index contributed by atoms with van der Waals surface area (Å²) in [5, 5.41) is 0.372. The molecule has 1 amide bonds. The summed E-state index contributed by atoms with van der Waals surface area (Å²) in [7, 11) is 0. The fraction of sp³-hybridized carbons (Fsp3) is 0.611. The van der Waals surface area contributed by atoms with E-state index in [0.29, 0.717) is 24.2 Å². The molecule has 3 fully saturated rings. The van der Waals surface area contributed by atoms with Gasteiger partial charge in [-0.15, -0.1) is 0 Å². The fourth-order valence-corrected chi connectivity index (χ4v) is 4.36. The van der Waals surface area contributed by atoms with Crippen LogP contribution >= 0.6 is 11.6 Å². The number of benzene rings is 1. The van der Waals surface area contributed by atoms with E-state index < -0.39 is 5.82 Å². The van der Waals surface area contributed by atoms with Crippen LogP contribution < -0.4 is 0 Å². The zero-order valence-electron chi connectivity index (χ0n) is 13.6. The van der Waals surface area contributed by atoms with Crippen LogP contribution in [0.1, 0.15) is 36.0 Å². The molecule has 0 aromatic heterocycles. The number of carbonyl (C=O) groups excluding carboxylic acids is 1. The number of carbonyl (C=O) groups is 1. The number of halogens is 2. The van der Waals surface area contributed by atoms with E-state index in [4.69, 9.17) is 16.3 Å². The standard InChI is InChI=1S/C18H22ClFN2O2/c19-13-4-5-16(20)15(8-13)17(23)22-11-18(12-22)9-14(10-24-18)21-6-2-1-3-7-21/h4-5,8,14H,1-3,6-7,9-12H2. The fourth-order valence-electron chi connectivity index (χ4n) is 4.18. The van der Waals surface area contributed by atoms with Gasteiger partial charge < -0.3 is 9.64 Å². The van der Waals surface area contributed by atoms with Gasteiger partial charge in [-0.2, -0.15) is 0 Å². The Morgan fingerprint density at radius 2 is 2.00 bits per heavy atom. The Hall–Kier alpha value is -1.17. The molecule has 1 spiro atoms. The Morgan fingerprint density at radius 1 is 1.25 bits per heavy atom. The highest BCUT2D eigenvalue weighted by molar-refractivity contribution is 6.31. The minimum atomic E-state index is -0.524. The summed E-state index contributed by atoms with van der Waals surface area (Å²) in [5.74, 6) is -0.825. The highest BCUT2D eigenvalue weighted by Crippen LogP contribution is 2.38. The number of rotatable bonds is 2. The van der Waals surface area contributed by atoms with Gasteiger partial charge in [0.2, 0.25) is 0 Å². The van der Waals surface area contributed by atoms with Crippen molar-refractivity contribution in [2.24, 2.45) is 0 Å². The minimum absolute atomic E-state index is 0.0444. The zero-order valence-corrected chi connectivity index (χ0v) is 14.4. The van der Waals surface area contributed by atoms with Crippen molar-refractivity contribution in [3.8, 4) is 0 Å². The van der Waals surface area contributed by atoms with Crippen LogP contribution in [0, 0.1) is 5.82 Å². The SMILES string of the molecule is O=C(c1cc(Cl)ccc1F)N1CC2(CC(N3CCCCC3)CO2)C1. The van der Waals surface area contributed by atoms with E-state index in [9.17, 15) is 9.18 Å². The summed E-state index contributed by atoms with van der Waals surface area (Å²) in [6.45, 7) is 4.14. The van der Waals surface area contributed by atoms with Gasteiger partial charge in [0, 0.05) is 11.1 Å². The summed E-state index contributed by atoms with van der Waals surface area (Å²) in [6, 6.07) is 4.56. The molecule has 3 aliphatic heterocycles. The van der Waals surface area contributed by atoms with Crippen LogP contribution in [0.4, 0.5) is 4.39 Å². The molecule has 1 unspecified atom stereocenters. The summed E-state index contributed by atoms with van der Waals surface area (Å²) in [6.07, 6.45) is 4.82. The number of piperidine rings is 1. The molecule has 3 heterocycles. The van der Waals surface area contributed by atoms with E-state index in [-0.39, 0.29) is 17.1 Å². The van der Waals surface area contributed by atoms with Gasteiger partial charge in [-0.3, -0.25) is 9.69 Å². The van der Waals surface area contributed by atoms with Crippen LogP contribution in [0.25, 0.3) is 0 Å². The molecule has 3 saturated heterocycles. The van der Waals surface area contributed by atoms with Crippen LogP contribution in [0.3, 0.4) is 0 Å². The van der Waals surface area contributed by atoms with E-state index in [2.05, 4.69) is 4.90 Å². The molecule has 6 heteroatoms. The van der Waals surface area contributed by atoms with Crippen molar-refractivity contribution < 1.29 is 13.9 Å². The van der Waals surface area contributed by atoms with Crippen LogP contribution in [0.15, 0.2) is 18.2 Å². The minimum Gasteiger partial charge on any atom is -0.370 e. The van der Waals surface area contributed by atoms with Crippen molar-refractivity contribution in [1.82, 2.24) is 9.80 Å². The number of hydrogen-bond donors (Lipinski definition) is 0. The Kier molecular flexibility index (Phi) is 4.27. The maximum Gasteiger partial charge on any atom is 0.257 e. The first-order valence-electron chi connectivity index (χ1n) is 8.69. The molecule has 130 valence electrons. The second-order valence-electron chi connectivity index (χ2n) is 7.23. The largest absolute Gasteiger partial charge is 0.370 e. The van der Waals surface area contributed by atoms with Crippen molar-refractivity contribution >= 4 is 17.5 Å². The monoisotopic (exact) mass is 352 g/mol. The van der Waals surface area contributed by atoms with Crippen LogP contribution in [-0.4, -0.2) is 60.1 Å². The quantitative estimate of drug-likeness (QED) is 0.820. The number of likely N-dealkylation sites (tertiary alicyclic amines) is 2. The molecule has 1 aromatic rings. The molecule has 24 heavy (non-hydrogen) atoms.